The summed E-state index contributed by atoms with van der Waals surface area (Å²) in [6.45, 7) is 7.33. The summed E-state index contributed by atoms with van der Waals surface area (Å²) >= 11 is 6.01. The number of ether oxygens (including phenoxy) is 1. The van der Waals surface area contributed by atoms with Gasteiger partial charge in [-0.15, -0.1) is 24.0 Å². The maximum absolute atomic E-state index is 6.01. The predicted molar refractivity (Wildman–Crippen MR) is 119 cm³/mol. The Morgan fingerprint density at radius 3 is 2.76 bits per heavy atom. The van der Waals surface area contributed by atoms with Crippen molar-refractivity contribution in [2.75, 3.05) is 53.5 Å². The number of hydrogen-bond donors (Lipinski definition) is 2. The van der Waals surface area contributed by atoms with E-state index in [1.807, 2.05) is 18.2 Å². The lowest BCUT2D eigenvalue weighted by Crippen LogP contribution is -2.38. The summed E-state index contributed by atoms with van der Waals surface area (Å²) in [6, 6.07) is 7.97. The molecule has 0 unspecified atom stereocenters. The number of hydrogen-bond acceptors (Lipinski definition) is 3. The molecule has 2 N–H and O–H groups in total. The van der Waals surface area contributed by atoms with E-state index >= 15 is 0 Å². The number of guanidine groups is 1. The average molecular weight is 483 g/mol. The zero-order chi connectivity index (χ0) is 17.6. The van der Waals surface area contributed by atoms with Gasteiger partial charge < -0.3 is 20.3 Å². The fraction of sp³-hybridized carbons (Fsp3) is 0.611. The maximum Gasteiger partial charge on any atom is 0.191 e. The van der Waals surface area contributed by atoms with Crippen LogP contribution in [0.1, 0.15) is 18.9 Å². The van der Waals surface area contributed by atoms with Gasteiger partial charge >= 0.3 is 0 Å². The van der Waals surface area contributed by atoms with Crippen molar-refractivity contribution in [2.45, 2.75) is 19.8 Å². The van der Waals surface area contributed by atoms with Gasteiger partial charge in [0.1, 0.15) is 0 Å². The number of benzene rings is 1. The van der Waals surface area contributed by atoms with Gasteiger partial charge in [-0.2, -0.15) is 0 Å². The van der Waals surface area contributed by atoms with Crippen molar-refractivity contribution in [1.29, 1.82) is 0 Å². The van der Waals surface area contributed by atoms with E-state index in [-0.39, 0.29) is 24.0 Å². The Morgan fingerprint density at radius 1 is 1.28 bits per heavy atom. The van der Waals surface area contributed by atoms with Crippen LogP contribution in [0.2, 0.25) is 5.02 Å². The molecule has 1 aromatic carbocycles. The van der Waals surface area contributed by atoms with E-state index in [9.17, 15) is 0 Å². The summed E-state index contributed by atoms with van der Waals surface area (Å²) in [5, 5.41) is 7.44. The van der Waals surface area contributed by atoms with Crippen molar-refractivity contribution in [3.05, 3.63) is 34.9 Å². The molecular weight excluding hydrogens is 451 g/mol. The molecule has 0 saturated carbocycles. The summed E-state index contributed by atoms with van der Waals surface area (Å²) in [4.78, 5) is 6.89. The summed E-state index contributed by atoms with van der Waals surface area (Å²) in [5.41, 5.74) is 1.23. The van der Waals surface area contributed by atoms with Crippen LogP contribution in [0.5, 0.6) is 0 Å². The quantitative estimate of drug-likeness (QED) is 0.220. The Balaban J connectivity index is 0.00000576. The van der Waals surface area contributed by atoms with E-state index in [1.54, 1.807) is 7.11 Å². The Morgan fingerprint density at radius 2 is 2.08 bits per heavy atom. The molecule has 0 saturated heterocycles. The molecule has 144 valence electrons. The molecule has 7 heteroatoms. The van der Waals surface area contributed by atoms with Crippen LogP contribution in [0.4, 0.5) is 0 Å². The van der Waals surface area contributed by atoms with Gasteiger partial charge in [-0.3, -0.25) is 4.99 Å². The van der Waals surface area contributed by atoms with Crippen molar-refractivity contribution in [2.24, 2.45) is 4.99 Å². The lowest BCUT2D eigenvalue weighted by atomic mass is 10.1. The SMILES string of the molecule is CCNC(=NCCCN(C)CCOC)NCCc1cccc(Cl)c1.I. The van der Waals surface area contributed by atoms with Gasteiger partial charge in [0.2, 0.25) is 0 Å². The first-order valence-electron chi connectivity index (χ1n) is 8.59. The maximum atomic E-state index is 6.01. The summed E-state index contributed by atoms with van der Waals surface area (Å²) in [5.74, 6) is 0.874. The van der Waals surface area contributed by atoms with E-state index < -0.39 is 0 Å². The molecule has 25 heavy (non-hydrogen) atoms. The van der Waals surface area contributed by atoms with E-state index in [0.717, 1.165) is 63.2 Å². The van der Waals surface area contributed by atoms with Crippen LogP contribution in [0.15, 0.2) is 29.3 Å². The number of nitrogens with zero attached hydrogens (tertiary/aromatic N) is 2. The smallest absolute Gasteiger partial charge is 0.191 e. The molecule has 0 aromatic heterocycles. The number of aliphatic imine (C=N–C) groups is 1. The minimum Gasteiger partial charge on any atom is -0.383 e. The van der Waals surface area contributed by atoms with Crippen molar-refractivity contribution in [1.82, 2.24) is 15.5 Å². The van der Waals surface area contributed by atoms with Crippen LogP contribution in [0.3, 0.4) is 0 Å². The van der Waals surface area contributed by atoms with Gasteiger partial charge in [-0.05, 0) is 51.1 Å². The van der Waals surface area contributed by atoms with Crippen molar-refractivity contribution >= 4 is 41.5 Å². The van der Waals surface area contributed by atoms with Crippen LogP contribution in [0, 0.1) is 0 Å². The Kier molecular flexibility index (Phi) is 15.3. The number of halogens is 2. The molecule has 0 radical (unpaired) electrons. The third-order valence-corrected chi connectivity index (χ3v) is 3.82. The predicted octanol–water partition coefficient (Wildman–Crippen LogP) is 3.02. The highest BCUT2D eigenvalue weighted by Gasteiger charge is 2.00. The molecule has 0 amide bonds. The lowest BCUT2D eigenvalue weighted by molar-refractivity contribution is 0.161. The molecular formula is C18H32ClIN4O. The summed E-state index contributed by atoms with van der Waals surface area (Å²) < 4.78 is 5.08. The number of rotatable bonds is 11. The molecule has 0 aliphatic carbocycles. The fourth-order valence-corrected chi connectivity index (χ4v) is 2.46. The lowest BCUT2D eigenvalue weighted by Gasteiger charge is -2.15. The third-order valence-electron chi connectivity index (χ3n) is 3.58. The van der Waals surface area contributed by atoms with E-state index in [0.29, 0.717) is 0 Å². The average Bonchev–Trinajstić information content (AvgIpc) is 2.57. The van der Waals surface area contributed by atoms with E-state index in [2.05, 4.69) is 40.6 Å². The topological polar surface area (TPSA) is 48.9 Å². The molecule has 5 nitrogen and oxygen atoms in total. The van der Waals surface area contributed by atoms with E-state index in [1.165, 1.54) is 5.56 Å². The second-order valence-corrected chi connectivity index (χ2v) is 6.15. The summed E-state index contributed by atoms with van der Waals surface area (Å²) in [6.07, 6.45) is 1.95. The van der Waals surface area contributed by atoms with Crippen LogP contribution < -0.4 is 10.6 Å². The van der Waals surface area contributed by atoms with E-state index in [4.69, 9.17) is 16.3 Å². The van der Waals surface area contributed by atoms with Crippen molar-refractivity contribution < 1.29 is 4.74 Å². The molecule has 0 bridgehead atoms. The summed E-state index contributed by atoms with van der Waals surface area (Å²) in [7, 11) is 3.84. The van der Waals surface area contributed by atoms with Crippen LogP contribution in [-0.2, 0) is 11.2 Å². The highest BCUT2D eigenvalue weighted by Crippen LogP contribution is 2.10. The Labute approximate surface area is 174 Å². The monoisotopic (exact) mass is 482 g/mol. The first kappa shape index (κ1) is 24.4. The zero-order valence-corrected chi connectivity index (χ0v) is 18.6. The van der Waals surface area contributed by atoms with Gasteiger partial charge in [-0.25, -0.2) is 0 Å². The second kappa shape index (κ2) is 15.7. The molecule has 0 atom stereocenters. The Bertz CT molecular complexity index is 488. The normalized spacial score (nSPS) is 11.3. The molecule has 1 rings (SSSR count). The molecule has 0 aliphatic heterocycles. The van der Waals surface area contributed by atoms with Gasteiger partial charge in [0.25, 0.3) is 0 Å². The molecule has 0 aliphatic rings. The first-order chi connectivity index (χ1) is 11.7. The van der Waals surface area contributed by atoms with Gasteiger partial charge in [0, 0.05) is 38.3 Å². The largest absolute Gasteiger partial charge is 0.383 e. The molecule has 1 aromatic rings. The zero-order valence-electron chi connectivity index (χ0n) is 15.6. The molecule has 0 fully saturated rings. The first-order valence-corrected chi connectivity index (χ1v) is 8.97. The van der Waals surface area contributed by atoms with Crippen molar-refractivity contribution in [3.63, 3.8) is 0 Å². The van der Waals surface area contributed by atoms with Gasteiger partial charge in [0.05, 0.1) is 6.61 Å². The van der Waals surface area contributed by atoms with Crippen molar-refractivity contribution in [3.8, 4) is 0 Å². The number of nitrogens with one attached hydrogen (secondary N) is 2. The fourth-order valence-electron chi connectivity index (χ4n) is 2.25. The minimum absolute atomic E-state index is 0. The van der Waals surface area contributed by atoms with Gasteiger partial charge in [0.15, 0.2) is 5.96 Å². The third kappa shape index (κ3) is 12.4. The highest BCUT2D eigenvalue weighted by molar-refractivity contribution is 14.0. The highest BCUT2D eigenvalue weighted by atomic mass is 127. The minimum atomic E-state index is 0. The van der Waals surface area contributed by atoms with Gasteiger partial charge in [-0.1, -0.05) is 23.7 Å². The second-order valence-electron chi connectivity index (χ2n) is 5.72. The number of methoxy groups -OCH3 is 1. The Hall–Kier alpha value is -0.570. The molecule has 0 heterocycles. The van der Waals surface area contributed by atoms with Crippen LogP contribution >= 0.6 is 35.6 Å². The standard InChI is InChI=1S/C18H31ClN4O.HI/c1-4-20-18(21-10-6-12-23(2)13-14-24-3)22-11-9-16-7-5-8-17(19)15-16;/h5,7-8,15H,4,6,9-14H2,1-3H3,(H2,20,21,22);1H. The van der Waals surface area contributed by atoms with Crippen LogP contribution in [0.25, 0.3) is 0 Å². The number of likely N-dealkylation sites (N-methyl/N-ethyl adjacent to an activating group) is 1. The van der Waals surface area contributed by atoms with Crippen LogP contribution in [-0.4, -0.2) is 64.3 Å². The molecule has 0 spiro atoms.